The second-order valence-corrected chi connectivity index (χ2v) is 21.2. The van der Waals surface area contributed by atoms with Crippen LogP contribution in [0, 0.1) is 5.92 Å². The van der Waals surface area contributed by atoms with Crippen LogP contribution in [0.4, 0.5) is 0 Å². The number of hydrogen-bond acceptors (Lipinski definition) is 5. The van der Waals surface area contributed by atoms with Crippen molar-refractivity contribution in [3.05, 3.63) is 47.2 Å². The van der Waals surface area contributed by atoms with Gasteiger partial charge in [-0.2, -0.15) is 0 Å². The normalized spacial score (nSPS) is 19.9. The minimum absolute atomic E-state index is 0.324. The molecule has 30 heavy (non-hydrogen) atoms. The summed E-state index contributed by atoms with van der Waals surface area (Å²) in [5.74, 6) is -1.81. The van der Waals surface area contributed by atoms with Crippen LogP contribution in [0.1, 0.15) is 25.3 Å². The third kappa shape index (κ3) is 6.50. The topological polar surface area (TPSA) is 65.0 Å². The molecule has 0 aromatic heterocycles. The summed E-state index contributed by atoms with van der Waals surface area (Å²) in [6.07, 6.45) is 0.868. The number of benzene rings is 1. The van der Waals surface area contributed by atoms with Crippen molar-refractivity contribution in [2.45, 2.75) is 59.0 Å². The summed E-state index contributed by atoms with van der Waals surface area (Å²) in [6.45, 7) is 16.6. The summed E-state index contributed by atoms with van der Waals surface area (Å²) in [5, 5.41) is 0. The molecule has 0 fully saturated rings. The van der Waals surface area contributed by atoms with E-state index in [-0.39, 0.29) is 11.9 Å². The lowest BCUT2D eigenvalue weighted by molar-refractivity contribution is -0.145. The second kappa shape index (κ2) is 9.43. The number of rotatable bonds is 7. The number of carbonyl (C=O) groups excluding carboxylic acids is 2. The number of esters is 2. The molecular weight excluding hydrogens is 410 g/mol. The smallest absolute Gasteiger partial charge is 0.336 e. The van der Waals surface area contributed by atoms with E-state index in [1.165, 1.54) is 0 Å². The maximum atomic E-state index is 13.2. The lowest BCUT2D eigenvalue weighted by Gasteiger charge is -2.32. The number of ether oxygens (including phenoxy) is 2. The number of aliphatic imine (C=N–C) groups is 1. The van der Waals surface area contributed by atoms with Crippen molar-refractivity contribution in [2.75, 3.05) is 12.5 Å². The number of carbonyl (C=O) groups is 2. The highest BCUT2D eigenvalue weighted by molar-refractivity contribution is 6.76. The first-order chi connectivity index (χ1) is 13.8. The SMILES string of the molecule is CC1=NC(C)=C(C(=O)OC[Si](C)(C)C)C(c2ccccc2)C1C(=O)OC[Si](C)(C)C. The van der Waals surface area contributed by atoms with Gasteiger partial charge in [0.2, 0.25) is 0 Å². The quantitative estimate of drug-likeness (QED) is 0.439. The van der Waals surface area contributed by atoms with E-state index in [0.717, 1.165) is 5.56 Å². The van der Waals surface area contributed by atoms with E-state index in [1.807, 2.05) is 44.2 Å². The first-order valence-electron chi connectivity index (χ1n) is 10.4. The first-order valence-corrected chi connectivity index (χ1v) is 17.9. The van der Waals surface area contributed by atoms with Crippen LogP contribution in [0.2, 0.25) is 39.3 Å². The average molecular weight is 446 g/mol. The fraction of sp³-hybridized carbons (Fsp3) is 0.522. The van der Waals surface area contributed by atoms with E-state index in [0.29, 0.717) is 29.4 Å². The summed E-state index contributed by atoms with van der Waals surface area (Å²) < 4.78 is 11.4. The third-order valence-corrected chi connectivity index (χ3v) is 6.77. The van der Waals surface area contributed by atoms with Crippen LogP contribution in [-0.4, -0.2) is 46.3 Å². The Hall–Kier alpha value is -2.00. The first kappa shape index (κ1) is 24.3. The Morgan fingerprint density at radius 2 is 1.43 bits per heavy atom. The van der Waals surface area contributed by atoms with Gasteiger partial charge in [0.05, 0.1) is 34.2 Å². The van der Waals surface area contributed by atoms with Gasteiger partial charge in [-0.1, -0.05) is 69.6 Å². The fourth-order valence-corrected chi connectivity index (χ4v) is 4.50. The molecule has 0 saturated carbocycles. The second-order valence-electron chi connectivity index (χ2n) is 10.4. The number of nitrogens with zero attached hydrogens (tertiary/aromatic N) is 1. The summed E-state index contributed by atoms with van der Waals surface area (Å²) in [5.41, 5.74) is 2.63. The molecule has 0 saturated heterocycles. The van der Waals surface area contributed by atoms with Crippen molar-refractivity contribution in [3.63, 3.8) is 0 Å². The van der Waals surface area contributed by atoms with E-state index in [2.05, 4.69) is 44.3 Å². The Bertz CT molecular complexity index is 848. The standard InChI is InChI=1S/C23H35NO4Si2/c1-16-19(22(25)27-14-29(3,4)5)21(18-12-10-9-11-13-18)20(17(2)24-16)23(26)28-15-30(6,7)8/h9-13,19,21H,14-15H2,1-8H3. The molecule has 2 atom stereocenters. The molecule has 1 aromatic rings. The maximum absolute atomic E-state index is 13.2. The molecular formula is C23H35NO4Si2. The van der Waals surface area contributed by atoms with Crippen molar-refractivity contribution in [3.8, 4) is 0 Å². The summed E-state index contributed by atoms with van der Waals surface area (Å²) in [6, 6.07) is 9.65. The molecule has 2 rings (SSSR count). The van der Waals surface area contributed by atoms with Crippen molar-refractivity contribution < 1.29 is 19.1 Å². The van der Waals surface area contributed by atoms with Gasteiger partial charge in [0.15, 0.2) is 0 Å². The predicted octanol–water partition coefficient (Wildman–Crippen LogP) is 4.98. The Balaban J connectivity index is 2.46. The molecule has 1 heterocycles. The van der Waals surface area contributed by atoms with Gasteiger partial charge in [-0.05, 0) is 19.4 Å². The Morgan fingerprint density at radius 3 is 1.97 bits per heavy atom. The Labute approximate surface area is 182 Å². The van der Waals surface area contributed by atoms with Crippen molar-refractivity contribution >= 4 is 33.8 Å². The van der Waals surface area contributed by atoms with E-state index in [1.54, 1.807) is 0 Å². The molecule has 5 nitrogen and oxygen atoms in total. The van der Waals surface area contributed by atoms with Gasteiger partial charge >= 0.3 is 11.9 Å². The van der Waals surface area contributed by atoms with Crippen LogP contribution in [0.5, 0.6) is 0 Å². The van der Waals surface area contributed by atoms with Gasteiger partial charge in [0.1, 0.15) is 5.92 Å². The van der Waals surface area contributed by atoms with Crippen LogP contribution >= 0.6 is 0 Å². The molecule has 1 aliphatic rings. The number of hydrogen-bond donors (Lipinski definition) is 0. The monoisotopic (exact) mass is 445 g/mol. The molecule has 2 unspecified atom stereocenters. The lowest BCUT2D eigenvalue weighted by atomic mass is 9.75. The van der Waals surface area contributed by atoms with Crippen molar-refractivity contribution in [2.24, 2.45) is 10.9 Å². The molecule has 1 aliphatic heterocycles. The summed E-state index contributed by atoms with van der Waals surface area (Å²) in [7, 11) is -3.16. The zero-order valence-corrected chi connectivity index (χ0v) is 21.5. The molecule has 0 aliphatic carbocycles. The molecule has 0 N–H and O–H groups in total. The Kier molecular flexibility index (Phi) is 7.63. The molecule has 0 amide bonds. The van der Waals surface area contributed by atoms with Crippen molar-refractivity contribution in [1.82, 2.24) is 0 Å². The van der Waals surface area contributed by atoms with Crippen LogP contribution in [0.15, 0.2) is 46.6 Å². The highest BCUT2D eigenvalue weighted by Crippen LogP contribution is 2.40. The van der Waals surface area contributed by atoms with Gasteiger partial charge in [0.25, 0.3) is 0 Å². The minimum Gasteiger partial charge on any atom is -0.469 e. The van der Waals surface area contributed by atoms with Crippen molar-refractivity contribution in [1.29, 1.82) is 0 Å². The van der Waals surface area contributed by atoms with E-state index in [9.17, 15) is 9.59 Å². The van der Waals surface area contributed by atoms with Crippen LogP contribution < -0.4 is 0 Å². The van der Waals surface area contributed by atoms with Gasteiger partial charge < -0.3 is 9.47 Å². The van der Waals surface area contributed by atoms with Crippen LogP contribution in [0.3, 0.4) is 0 Å². The van der Waals surface area contributed by atoms with Gasteiger partial charge in [-0.25, -0.2) is 4.79 Å². The van der Waals surface area contributed by atoms with Gasteiger partial charge in [0, 0.05) is 17.3 Å². The largest absolute Gasteiger partial charge is 0.469 e. The molecule has 164 valence electrons. The van der Waals surface area contributed by atoms with E-state index in [4.69, 9.17) is 9.47 Å². The van der Waals surface area contributed by atoms with Gasteiger partial charge in [-0.15, -0.1) is 0 Å². The highest BCUT2D eigenvalue weighted by Gasteiger charge is 2.42. The fourth-order valence-electron chi connectivity index (χ4n) is 3.37. The predicted molar refractivity (Wildman–Crippen MR) is 127 cm³/mol. The van der Waals surface area contributed by atoms with E-state index >= 15 is 0 Å². The van der Waals surface area contributed by atoms with Crippen LogP contribution in [0.25, 0.3) is 0 Å². The minimum atomic E-state index is -1.58. The molecule has 0 spiro atoms. The summed E-state index contributed by atoms with van der Waals surface area (Å²) >= 11 is 0. The van der Waals surface area contributed by atoms with E-state index < -0.39 is 28.0 Å². The zero-order valence-electron chi connectivity index (χ0n) is 19.5. The third-order valence-electron chi connectivity index (χ3n) is 4.74. The molecule has 1 aromatic carbocycles. The molecule has 0 bridgehead atoms. The zero-order chi connectivity index (χ0) is 22.7. The van der Waals surface area contributed by atoms with Crippen LogP contribution in [-0.2, 0) is 19.1 Å². The molecule has 0 radical (unpaired) electrons. The maximum Gasteiger partial charge on any atom is 0.336 e. The lowest BCUT2D eigenvalue weighted by Crippen LogP contribution is -2.40. The Morgan fingerprint density at radius 1 is 0.900 bits per heavy atom. The molecule has 7 heteroatoms. The number of allylic oxidation sites excluding steroid dienone is 1. The summed E-state index contributed by atoms with van der Waals surface area (Å²) in [4.78, 5) is 30.9. The van der Waals surface area contributed by atoms with Gasteiger partial charge in [-0.3, -0.25) is 9.79 Å². The average Bonchev–Trinajstić information content (AvgIpc) is 2.63. The highest BCUT2D eigenvalue weighted by atomic mass is 28.3.